The molecule has 0 heterocycles. The summed E-state index contributed by atoms with van der Waals surface area (Å²) in [5.41, 5.74) is 4.32. The summed E-state index contributed by atoms with van der Waals surface area (Å²) in [6.07, 6.45) is 1.77. The highest BCUT2D eigenvalue weighted by molar-refractivity contribution is 5.93. The summed E-state index contributed by atoms with van der Waals surface area (Å²) < 4.78 is 13.2. The molecule has 26 heavy (non-hydrogen) atoms. The summed E-state index contributed by atoms with van der Waals surface area (Å²) in [6, 6.07) is 12.8. The van der Waals surface area contributed by atoms with Crippen molar-refractivity contribution in [2.75, 3.05) is 11.9 Å². The van der Waals surface area contributed by atoms with Crippen molar-refractivity contribution in [1.82, 2.24) is 0 Å². The first-order chi connectivity index (χ1) is 12.5. The number of hydrogen-bond donors (Lipinski definition) is 2. The van der Waals surface area contributed by atoms with Gasteiger partial charge in [-0.2, -0.15) is 0 Å². The van der Waals surface area contributed by atoms with Gasteiger partial charge >= 0.3 is 0 Å². The van der Waals surface area contributed by atoms with E-state index < -0.39 is 0 Å². The number of hydrogen-bond acceptors (Lipinski definition) is 1. The van der Waals surface area contributed by atoms with Gasteiger partial charge in [-0.05, 0) is 36.1 Å². The van der Waals surface area contributed by atoms with Crippen LogP contribution < -0.4 is 10.6 Å². The second kappa shape index (κ2) is 9.48. The average molecular weight is 357 g/mol. The Hall–Kier alpha value is -2.20. The van der Waals surface area contributed by atoms with Crippen LogP contribution in [0.3, 0.4) is 0 Å². The first-order valence-electron chi connectivity index (χ1n) is 9.45. The SMILES string of the molecule is CCc1cccc(CC)c1NC(=O)C[NH2+][C@H](c1ccc(F)cc1)C(C)C. The van der Waals surface area contributed by atoms with Gasteiger partial charge in [0.15, 0.2) is 6.54 Å². The monoisotopic (exact) mass is 357 g/mol. The third kappa shape index (κ3) is 5.15. The second-order valence-corrected chi connectivity index (χ2v) is 6.97. The minimum absolute atomic E-state index is 0.00615. The number of halogens is 1. The Kier molecular flexibility index (Phi) is 7.34. The molecule has 0 aliphatic rings. The smallest absolute Gasteiger partial charge is 0.279 e. The second-order valence-electron chi connectivity index (χ2n) is 6.97. The van der Waals surface area contributed by atoms with Gasteiger partial charge in [-0.1, -0.05) is 58.0 Å². The van der Waals surface area contributed by atoms with Gasteiger partial charge in [0.25, 0.3) is 5.91 Å². The molecule has 0 fully saturated rings. The maximum Gasteiger partial charge on any atom is 0.279 e. The van der Waals surface area contributed by atoms with E-state index in [-0.39, 0.29) is 17.8 Å². The molecule has 4 heteroatoms. The number of para-hydroxylation sites is 1. The first kappa shape index (κ1) is 20.1. The van der Waals surface area contributed by atoms with E-state index in [0.717, 1.165) is 35.2 Å². The fourth-order valence-corrected chi connectivity index (χ4v) is 3.31. The molecule has 0 saturated carbocycles. The summed E-state index contributed by atoms with van der Waals surface area (Å²) in [6.45, 7) is 8.76. The van der Waals surface area contributed by atoms with Crippen molar-refractivity contribution in [2.24, 2.45) is 5.92 Å². The molecule has 0 aliphatic carbocycles. The molecule has 0 aromatic heterocycles. The number of aryl methyl sites for hydroxylation is 2. The third-order valence-corrected chi connectivity index (χ3v) is 4.79. The number of amides is 1. The highest BCUT2D eigenvalue weighted by Crippen LogP contribution is 2.22. The van der Waals surface area contributed by atoms with Gasteiger partial charge in [0, 0.05) is 17.2 Å². The van der Waals surface area contributed by atoms with E-state index in [4.69, 9.17) is 0 Å². The molecule has 0 radical (unpaired) electrons. The quantitative estimate of drug-likeness (QED) is 0.741. The van der Waals surface area contributed by atoms with E-state index in [1.807, 2.05) is 11.4 Å². The lowest BCUT2D eigenvalue weighted by molar-refractivity contribution is -0.692. The van der Waals surface area contributed by atoms with E-state index >= 15 is 0 Å². The number of quaternary nitrogens is 1. The molecular formula is C22H30FN2O+. The summed E-state index contributed by atoms with van der Waals surface area (Å²) in [4.78, 5) is 12.6. The van der Waals surface area contributed by atoms with Crippen molar-refractivity contribution in [3.05, 3.63) is 65.0 Å². The zero-order valence-electron chi connectivity index (χ0n) is 16.2. The van der Waals surface area contributed by atoms with Crippen molar-refractivity contribution in [2.45, 2.75) is 46.6 Å². The predicted molar refractivity (Wildman–Crippen MR) is 105 cm³/mol. The molecule has 140 valence electrons. The minimum atomic E-state index is -0.239. The van der Waals surface area contributed by atoms with Gasteiger partial charge in [0.05, 0.1) is 0 Å². The molecule has 2 aromatic carbocycles. The lowest BCUT2D eigenvalue weighted by Gasteiger charge is -2.20. The van der Waals surface area contributed by atoms with Gasteiger partial charge in [-0.15, -0.1) is 0 Å². The van der Waals surface area contributed by atoms with Crippen LogP contribution in [0.4, 0.5) is 10.1 Å². The van der Waals surface area contributed by atoms with E-state index in [9.17, 15) is 9.18 Å². The van der Waals surface area contributed by atoms with Crippen molar-refractivity contribution < 1.29 is 14.5 Å². The van der Waals surface area contributed by atoms with Gasteiger partial charge in [-0.3, -0.25) is 4.79 Å². The number of benzene rings is 2. The third-order valence-electron chi connectivity index (χ3n) is 4.79. The Bertz CT molecular complexity index is 703. The number of carbonyl (C=O) groups is 1. The van der Waals surface area contributed by atoms with E-state index in [1.54, 1.807) is 12.1 Å². The summed E-state index contributed by atoms with van der Waals surface area (Å²) in [5.74, 6) is 0.0908. The zero-order chi connectivity index (χ0) is 19.1. The van der Waals surface area contributed by atoms with E-state index in [0.29, 0.717) is 12.5 Å². The Balaban J connectivity index is 2.06. The molecule has 2 aromatic rings. The van der Waals surface area contributed by atoms with Crippen LogP contribution in [0.2, 0.25) is 0 Å². The molecule has 2 rings (SSSR count). The van der Waals surface area contributed by atoms with Gasteiger partial charge in [-0.25, -0.2) is 4.39 Å². The molecule has 0 aliphatic heterocycles. The Morgan fingerprint density at radius 2 is 1.62 bits per heavy atom. The van der Waals surface area contributed by atoms with Gasteiger partial charge in [0.1, 0.15) is 11.9 Å². The number of nitrogens with two attached hydrogens (primary N) is 1. The minimum Gasteiger partial charge on any atom is -0.332 e. The van der Waals surface area contributed by atoms with Crippen molar-refractivity contribution in [1.29, 1.82) is 0 Å². The summed E-state index contributed by atoms with van der Waals surface area (Å²) >= 11 is 0. The van der Waals surface area contributed by atoms with Crippen LogP contribution in [0.15, 0.2) is 42.5 Å². The molecular weight excluding hydrogens is 327 g/mol. The molecule has 0 unspecified atom stereocenters. The van der Waals surface area contributed by atoms with Gasteiger partial charge < -0.3 is 10.6 Å². The Morgan fingerprint density at radius 3 is 2.12 bits per heavy atom. The zero-order valence-corrected chi connectivity index (χ0v) is 16.2. The van der Waals surface area contributed by atoms with E-state index in [1.165, 1.54) is 12.1 Å². The van der Waals surface area contributed by atoms with Crippen LogP contribution in [-0.4, -0.2) is 12.5 Å². The molecule has 1 amide bonds. The number of carbonyl (C=O) groups excluding carboxylic acids is 1. The largest absolute Gasteiger partial charge is 0.332 e. The van der Waals surface area contributed by atoms with Crippen LogP contribution in [0.1, 0.15) is 50.4 Å². The standard InChI is InChI=1S/C22H29FN2O/c1-5-16-8-7-9-17(6-2)22(16)25-20(26)14-24-21(15(3)4)18-10-12-19(23)13-11-18/h7-13,15,21,24H,5-6,14H2,1-4H3,(H,25,26)/p+1/t21-/m0/s1. The number of anilines is 1. The Morgan fingerprint density at radius 1 is 1.04 bits per heavy atom. The first-order valence-corrected chi connectivity index (χ1v) is 9.45. The number of rotatable bonds is 8. The molecule has 1 atom stereocenters. The molecule has 0 bridgehead atoms. The number of nitrogens with one attached hydrogen (secondary N) is 1. The van der Waals surface area contributed by atoms with Crippen LogP contribution in [0.5, 0.6) is 0 Å². The van der Waals surface area contributed by atoms with Crippen LogP contribution in [0, 0.1) is 11.7 Å². The highest BCUT2D eigenvalue weighted by atomic mass is 19.1. The topological polar surface area (TPSA) is 45.7 Å². The average Bonchev–Trinajstić information content (AvgIpc) is 2.63. The maximum atomic E-state index is 13.2. The lowest BCUT2D eigenvalue weighted by atomic mass is 9.96. The fraction of sp³-hybridized carbons (Fsp3) is 0.409. The van der Waals surface area contributed by atoms with Crippen molar-refractivity contribution in [3.63, 3.8) is 0 Å². The molecule has 0 spiro atoms. The van der Waals surface area contributed by atoms with Gasteiger partial charge in [0.2, 0.25) is 0 Å². The molecule has 0 saturated heterocycles. The van der Waals surface area contributed by atoms with Crippen LogP contribution in [0.25, 0.3) is 0 Å². The van der Waals surface area contributed by atoms with Crippen molar-refractivity contribution >= 4 is 11.6 Å². The maximum absolute atomic E-state index is 13.2. The van der Waals surface area contributed by atoms with Crippen LogP contribution >= 0.6 is 0 Å². The van der Waals surface area contributed by atoms with E-state index in [2.05, 4.69) is 45.1 Å². The predicted octanol–water partition coefficient (Wildman–Crippen LogP) is 3.85. The summed E-state index contributed by atoms with van der Waals surface area (Å²) in [5, 5.41) is 5.14. The molecule has 3 nitrogen and oxygen atoms in total. The lowest BCUT2D eigenvalue weighted by Crippen LogP contribution is -2.88. The molecule has 3 N–H and O–H groups in total. The fourth-order valence-electron chi connectivity index (χ4n) is 3.31. The summed E-state index contributed by atoms with van der Waals surface area (Å²) in [7, 11) is 0. The van der Waals surface area contributed by atoms with Crippen molar-refractivity contribution in [3.8, 4) is 0 Å². The van der Waals surface area contributed by atoms with Crippen LogP contribution in [-0.2, 0) is 17.6 Å². The normalized spacial score (nSPS) is 12.2. The highest BCUT2D eigenvalue weighted by Gasteiger charge is 2.21. The Labute approximate surface area is 156 Å².